The molecule has 1 rings (SSSR count). The Hall–Kier alpha value is -2.65. The maximum Gasteiger partial charge on any atom is 0.320 e. The van der Waals surface area contributed by atoms with E-state index >= 15 is 0 Å². The van der Waals surface area contributed by atoms with Gasteiger partial charge in [0.1, 0.15) is 11.4 Å². The normalized spacial score (nSPS) is 8.82. The van der Waals surface area contributed by atoms with Crippen molar-refractivity contribution in [2.45, 2.75) is 0 Å². The lowest BCUT2D eigenvalue weighted by Crippen LogP contribution is -1.97. The summed E-state index contributed by atoms with van der Waals surface area (Å²) >= 11 is 0. The molecule has 1 aromatic rings. The fraction of sp³-hybridized carbons (Fsp3) is 0.111. The van der Waals surface area contributed by atoms with E-state index in [0.717, 1.165) is 6.07 Å². The predicted molar refractivity (Wildman–Crippen MR) is 53.9 cm³/mol. The van der Waals surface area contributed by atoms with Crippen LogP contribution >= 0.6 is 0 Å². The number of hydrogen-bond donors (Lipinski definition) is 0. The third-order valence-corrected chi connectivity index (χ3v) is 1.65. The second-order valence-electron chi connectivity index (χ2n) is 2.73. The van der Waals surface area contributed by atoms with Crippen molar-refractivity contribution in [2.75, 3.05) is 6.54 Å². The van der Waals surface area contributed by atoms with E-state index in [4.69, 9.17) is 5.53 Å². The summed E-state index contributed by atoms with van der Waals surface area (Å²) in [4.78, 5) is 11.9. The summed E-state index contributed by atoms with van der Waals surface area (Å²) in [6.07, 6.45) is 0. The number of hydrogen-bond acceptors (Lipinski definition) is 3. The number of nitrogens with zero attached hydrogens (tertiary/aromatic N) is 4. The molecule has 0 fully saturated rings. The Morgan fingerprint density at radius 1 is 1.53 bits per heavy atom. The fourth-order valence-electron chi connectivity index (χ4n) is 1.05. The molecule has 0 aliphatic carbocycles. The molecule has 8 heteroatoms. The standard InChI is InChI=1S/C9H4F2N4O2/c10-7-4-6(2-1-3-13-14-12)9(15(16)17)8(11)5-7/h4-5H,3H2. The molecule has 0 radical (unpaired) electrons. The highest BCUT2D eigenvalue weighted by molar-refractivity contribution is 5.52. The van der Waals surface area contributed by atoms with Crippen LogP contribution in [0.25, 0.3) is 10.4 Å². The van der Waals surface area contributed by atoms with Crippen LogP contribution < -0.4 is 0 Å². The van der Waals surface area contributed by atoms with Gasteiger partial charge in [-0.2, -0.15) is 4.39 Å². The van der Waals surface area contributed by atoms with E-state index in [-0.39, 0.29) is 6.54 Å². The molecule has 86 valence electrons. The monoisotopic (exact) mass is 238 g/mol. The summed E-state index contributed by atoms with van der Waals surface area (Å²) in [5.74, 6) is 2.14. The molecule has 0 atom stereocenters. The molecule has 0 aromatic heterocycles. The Morgan fingerprint density at radius 3 is 2.82 bits per heavy atom. The first-order valence-corrected chi connectivity index (χ1v) is 4.19. The number of halogens is 2. The van der Waals surface area contributed by atoms with Crippen molar-refractivity contribution < 1.29 is 13.7 Å². The van der Waals surface area contributed by atoms with E-state index in [9.17, 15) is 18.9 Å². The third kappa shape index (κ3) is 3.15. The first-order valence-electron chi connectivity index (χ1n) is 4.19. The molecule has 0 aliphatic heterocycles. The molecule has 0 amide bonds. The maximum atomic E-state index is 13.1. The first kappa shape index (κ1) is 12.4. The van der Waals surface area contributed by atoms with Gasteiger partial charge in [0.2, 0.25) is 5.82 Å². The predicted octanol–water partition coefficient (Wildman–Crippen LogP) is 2.53. The lowest BCUT2D eigenvalue weighted by molar-refractivity contribution is -0.387. The number of benzene rings is 1. The van der Waals surface area contributed by atoms with E-state index in [1.807, 2.05) is 0 Å². The van der Waals surface area contributed by atoms with Crippen LogP contribution in [0.2, 0.25) is 0 Å². The smallest absolute Gasteiger partial charge is 0.258 e. The average molecular weight is 238 g/mol. The van der Waals surface area contributed by atoms with Crippen molar-refractivity contribution in [3.05, 3.63) is 49.9 Å². The summed E-state index contributed by atoms with van der Waals surface area (Å²) in [7, 11) is 0. The van der Waals surface area contributed by atoms with Gasteiger partial charge in [0.05, 0.1) is 11.5 Å². The SMILES string of the molecule is [N-]=[N+]=NCC#Cc1cc(F)cc(F)c1[N+](=O)[O-]. The lowest BCUT2D eigenvalue weighted by Gasteiger charge is -1.97. The zero-order valence-corrected chi connectivity index (χ0v) is 8.22. The number of azide groups is 1. The van der Waals surface area contributed by atoms with Crippen molar-refractivity contribution >= 4 is 5.69 Å². The van der Waals surface area contributed by atoms with E-state index in [1.54, 1.807) is 0 Å². The fourth-order valence-corrected chi connectivity index (χ4v) is 1.05. The second-order valence-corrected chi connectivity index (χ2v) is 2.73. The summed E-state index contributed by atoms with van der Waals surface area (Å²) in [6.45, 7) is -0.244. The number of rotatable bonds is 2. The van der Waals surface area contributed by atoms with Gasteiger partial charge >= 0.3 is 5.69 Å². The van der Waals surface area contributed by atoms with Gasteiger partial charge in [-0.15, -0.1) is 0 Å². The van der Waals surface area contributed by atoms with Gasteiger partial charge in [0, 0.05) is 11.0 Å². The zero-order valence-electron chi connectivity index (χ0n) is 8.22. The van der Waals surface area contributed by atoms with E-state index in [0.29, 0.717) is 6.07 Å². The van der Waals surface area contributed by atoms with Gasteiger partial charge in [-0.05, 0) is 11.6 Å². The molecule has 0 unspecified atom stereocenters. The molecule has 0 heterocycles. The molecular formula is C9H4F2N4O2. The molecule has 0 aliphatic rings. The first-order chi connectivity index (χ1) is 8.06. The highest BCUT2D eigenvalue weighted by Crippen LogP contribution is 2.23. The summed E-state index contributed by atoms with van der Waals surface area (Å²) in [6, 6.07) is 1.14. The van der Waals surface area contributed by atoms with Crippen molar-refractivity contribution in [1.82, 2.24) is 0 Å². The highest BCUT2D eigenvalue weighted by Gasteiger charge is 2.20. The van der Waals surface area contributed by atoms with Crippen LogP contribution in [0.1, 0.15) is 5.56 Å². The van der Waals surface area contributed by atoms with Gasteiger partial charge < -0.3 is 0 Å². The molecule has 0 N–H and O–H groups in total. The van der Waals surface area contributed by atoms with Crippen LogP contribution in [-0.4, -0.2) is 11.5 Å². The molecule has 6 nitrogen and oxygen atoms in total. The second kappa shape index (κ2) is 5.44. The van der Waals surface area contributed by atoms with Gasteiger partial charge in [0.15, 0.2) is 0 Å². The molecule has 1 aromatic carbocycles. The summed E-state index contributed by atoms with van der Waals surface area (Å²) in [5, 5.41) is 13.6. The van der Waals surface area contributed by atoms with Crippen molar-refractivity contribution in [1.29, 1.82) is 0 Å². The van der Waals surface area contributed by atoms with Crippen molar-refractivity contribution in [2.24, 2.45) is 5.11 Å². The van der Waals surface area contributed by atoms with Crippen LogP contribution in [0.4, 0.5) is 14.5 Å². The highest BCUT2D eigenvalue weighted by atomic mass is 19.1. The van der Waals surface area contributed by atoms with Crippen LogP contribution in [0.5, 0.6) is 0 Å². The van der Waals surface area contributed by atoms with Crippen LogP contribution in [0, 0.1) is 33.6 Å². The Morgan fingerprint density at radius 2 is 2.24 bits per heavy atom. The molecule has 0 bridgehead atoms. The lowest BCUT2D eigenvalue weighted by atomic mass is 10.1. The Labute approximate surface area is 93.6 Å². The van der Waals surface area contributed by atoms with E-state index in [1.165, 1.54) is 0 Å². The van der Waals surface area contributed by atoms with Crippen molar-refractivity contribution in [3.63, 3.8) is 0 Å². The zero-order chi connectivity index (χ0) is 12.8. The minimum atomic E-state index is -1.30. The van der Waals surface area contributed by atoms with Crippen LogP contribution in [0.3, 0.4) is 0 Å². The third-order valence-electron chi connectivity index (χ3n) is 1.65. The topological polar surface area (TPSA) is 91.9 Å². The molecular weight excluding hydrogens is 234 g/mol. The largest absolute Gasteiger partial charge is 0.320 e. The summed E-state index contributed by atoms with van der Waals surface area (Å²) < 4.78 is 25.9. The quantitative estimate of drug-likeness (QED) is 0.198. The van der Waals surface area contributed by atoms with Gasteiger partial charge in [-0.25, -0.2) is 4.39 Å². The Bertz CT molecular complexity index is 570. The van der Waals surface area contributed by atoms with E-state index < -0.39 is 27.8 Å². The Balaban J connectivity index is 3.24. The minimum absolute atomic E-state index is 0.244. The average Bonchev–Trinajstić information content (AvgIpc) is 2.22. The summed E-state index contributed by atoms with van der Waals surface area (Å²) in [5.41, 5.74) is 6.65. The number of nitro groups is 1. The van der Waals surface area contributed by atoms with Gasteiger partial charge in [-0.3, -0.25) is 10.1 Å². The molecule has 0 spiro atoms. The van der Waals surface area contributed by atoms with Crippen LogP contribution in [0.15, 0.2) is 17.2 Å². The molecule has 0 saturated heterocycles. The van der Waals surface area contributed by atoms with Gasteiger partial charge in [0.25, 0.3) is 0 Å². The van der Waals surface area contributed by atoms with Crippen LogP contribution in [-0.2, 0) is 0 Å². The number of nitro benzene ring substituents is 1. The molecule has 17 heavy (non-hydrogen) atoms. The Kier molecular flexibility index (Phi) is 3.97. The molecule has 0 saturated carbocycles. The minimum Gasteiger partial charge on any atom is -0.258 e. The maximum absolute atomic E-state index is 13.1. The van der Waals surface area contributed by atoms with Crippen molar-refractivity contribution in [3.8, 4) is 11.8 Å². The van der Waals surface area contributed by atoms with Gasteiger partial charge in [-0.1, -0.05) is 17.0 Å². The van der Waals surface area contributed by atoms with E-state index in [2.05, 4.69) is 21.9 Å².